The highest BCUT2D eigenvalue weighted by atomic mass is 16.5. The zero-order valence-corrected chi connectivity index (χ0v) is 18.6. The number of amides is 1. The molecule has 0 atom stereocenters. The highest BCUT2D eigenvalue weighted by Gasteiger charge is 2.15. The van der Waals surface area contributed by atoms with Crippen molar-refractivity contribution in [1.82, 2.24) is 19.5 Å². The third-order valence-corrected chi connectivity index (χ3v) is 5.19. The normalized spacial score (nSPS) is 11.3. The second-order valence-corrected chi connectivity index (χ2v) is 7.95. The summed E-state index contributed by atoms with van der Waals surface area (Å²) in [5.41, 5.74) is 4.87. The number of fused-ring (bicyclic) bond motifs is 1. The van der Waals surface area contributed by atoms with Gasteiger partial charge in [-0.1, -0.05) is 6.07 Å². The maximum absolute atomic E-state index is 12.9. The lowest BCUT2D eigenvalue weighted by molar-refractivity contribution is 0.0719. The molecule has 0 spiro atoms. The van der Waals surface area contributed by atoms with Crippen molar-refractivity contribution in [1.29, 1.82) is 0 Å². The van der Waals surface area contributed by atoms with Gasteiger partial charge in [-0.05, 0) is 62.2 Å². The Morgan fingerprint density at radius 2 is 2.00 bits per heavy atom. The summed E-state index contributed by atoms with van der Waals surface area (Å²) in [6.07, 6.45) is 0.572. The van der Waals surface area contributed by atoms with Crippen LogP contribution in [-0.2, 0) is 11.3 Å². The maximum atomic E-state index is 12.9. The summed E-state index contributed by atoms with van der Waals surface area (Å²) in [5, 5.41) is 11.3. The zero-order chi connectivity index (χ0) is 23.5. The van der Waals surface area contributed by atoms with Crippen LogP contribution in [0.25, 0.3) is 33.4 Å². The molecule has 0 saturated carbocycles. The molecule has 170 valence electrons. The first-order valence-electron chi connectivity index (χ1n) is 10.6. The summed E-state index contributed by atoms with van der Waals surface area (Å²) >= 11 is 0. The molecule has 0 aliphatic carbocycles. The van der Waals surface area contributed by atoms with Crippen LogP contribution in [0.5, 0.6) is 0 Å². The van der Waals surface area contributed by atoms with E-state index in [1.54, 1.807) is 16.8 Å². The molecule has 4 rings (SSSR count). The molecule has 1 amide bonds. The Balaban J connectivity index is 1.81. The van der Waals surface area contributed by atoms with E-state index in [-0.39, 0.29) is 17.6 Å². The van der Waals surface area contributed by atoms with E-state index >= 15 is 0 Å². The van der Waals surface area contributed by atoms with Crippen molar-refractivity contribution in [3.63, 3.8) is 0 Å². The Kier molecular flexibility index (Phi) is 6.23. The molecule has 1 aromatic carbocycles. The smallest absolute Gasteiger partial charge is 0.411 e. The van der Waals surface area contributed by atoms with E-state index in [4.69, 9.17) is 9.84 Å². The van der Waals surface area contributed by atoms with Crippen LogP contribution in [0, 0.1) is 6.92 Å². The van der Waals surface area contributed by atoms with E-state index in [2.05, 4.69) is 20.3 Å². The minimum atomic E-state index is -1.21. The van der Waals surface area contributed by atoms with Gasteiger partial charge in [0.2, 0.25) is 5.95 Å². The Hall–Kier alpha value is -3.98. The third kappa shape index (κ3) is 4.93. The van der Waals surface area contributed by atoms with E-state index < -0.39 is 6.09 Å². The lowest BCUT2D eigenvalue weighted by Crippen LogP contribution is -2.24. The van der Waals surface area contributed by atoms with Crippen LogP contribution in [0.1, 0.15) is 19.5 Å². The number of H-pyrrole nitrogens is 1. The molecule has 0 bridgehead atoms. The zero-order valence-electron chi connectivity index (χ0n) is 18.6. The molecule has 3 N–H and O–H groups in total. The van der Waals surface area contributed by atoms with Gasteiger partial charge in [0.05, 0.1) is 29.4 Å². The molecule has 3 aromatic heterocycles. The summed E-state index contributed by atoms with van der Waals surface area (Å²) in [6.45, 7) is 6.75. The first kappa shape index (κ1) is 22.2. The number of carbonyl (C=O) groups is 1. The van der Waals surface area contributed by atoms with Crippen LogP contribution in [0.4, 0.5) is 10.7 Å². The number of hydrogen-bond donors (Lipinski definition) is 3. The number of carboxylic acid groups (broad SMARTS) is 1. The van der Waals surface area contributed by atoms with Crippen LogP contribution in [0.15, 0.2) is 53.5 Å². The van der Waals surface area contributed by atoms with Crippen LogP contribution in [0.3, 0.4) is 0 Å². The fourth-order valence-electron chi connectivity index (χ4n) is 3.72. The molecule has 0 radical (unpaired) electrons. The number of nitrogens with one attached hydrogen (secondary N) is 2. The van der Waals surface area contributed by atoms with Crippen molar-refractivity contribution >= 4 is 23.1 Å². The van der Waals surface area contributed by atoms with Gasteiger partial charge in [0.15, 0.2) is 0 Å². The van der Waals surface area contributed by atoms with Crippen LogP contribution in [0.2, 0.25) is 0 Å². The average molecular weight is 447 g/mol. The molecule has 9 nitrogen and oxygen atoms in total. The maximum Gasteiger partial charge on any atom is 0.411 e. The van der Waals surface area contributed by atoms with Gasteiger partial charge in [-0.3, -0.25) is 15.1 Å². The number of aryl methyl sites for hydroxylation is 1. The van der Waals surface area contributed by atoms with Crippen molar-refractivity contribution in [2.45, 2.75) is 33.4 Å². The molecule has 9 heteroatoms. The molecule has 0 aliphatic rings. The number of aromatic amines is 1. The number of benzene rings is 1. The van der Waals surface area contributed by atoms with Gasteiger partial charge in [-0.15, -0.1) is 0 Å². The SMILES string of the molecule is Cc1cc(-c2cc(-c3ccccn3)c3nc(NC(=O)O)[nH]c3c2)cc(=O)n1CCOC(C)C. The number of hydrogen-bond acceptors (Lipinski definition) is 5. The van der Waals surface area contributed by atoms with Gasteiger partial charge in [-0.2, -0.15) is 0 Å². The number of ether oxygens (including phenoxy) is 1. The number of aromatic nitrogens is 4. The Morgan fingerprint density at radius 3 is 2.67 bits per heavy atom. The fraction of sp³-hybridized carbons (Fsp3) is 0.250. The minimum absolute atomic E-state index is 0.104. The van der Waals surface area contributed by atoms with Crippen molar-refractivity contribution in [2.24, 2.45) is 0 Å². The van der Waals surface area contributed by atoms with Crippen LogP contribution >= 0.6 is 0 Å². The van der Waals surface area contributed by atoms with Crippen LogP contribution in [-0.4, -0.2) is 43.4 Å². The van der Waals surface area contributed by atoms with E-state index in [0.717, 1.165) is 22.4 Å². The largest absolute Gasteiger partial charge is 0.465 e. The van der Waals surface area contributed by atoms with Crippen molar-refractivity contribution < 1.29 is 14.6 Å². The highest BCUT2D eigenvalue weighted by Crippen LogP contribution is 2.33. The van der Waals surface area contributed by atoms with Crippen molar-refractivity contribution in [3.05, 3.63) is 64.7 Å². The quantitative estimate of drug-likeness (QED) is 0.389. The summed E-state index contributed by atoms with van der Waals surface area (Å²) in [4.78, 5) is 35.8. The molecule has 0 unspecified atom stereocenters. The molecule has 4 aromatic rings. The Bertz CT molecular complexity index is 1360. The summed E-state index contributed by atoms with van der Waals surface area (Å²) in [7, 11) is 0. The summed E-state index contributed by atoms with van der Waals surface area (Å²) in [5.74, 6) is 0.114. The first-order valence-corrected chi connectivity index (χ1v) is 10.6. The van der Waals surface area contributed by atoms with E-state index in [1.165, 1.54) is 0 Å². The van der Waals surface area contributed by atoms with Gasteiger partial charge in [0.1, 0.15) is 0 Å². The Labute approximate surface area is 190 Å². The summed E-state index contributed by atoms with van der Waals surface area (Å²) in [6, 6.07) is 12.9. The Morgan fingerprint density at radius 1 is 1.21 bits per heavy atom. The molecule has 3 heterocycles. The molecular formula is C24H25N5O4. The molecule has 0 saturated heterocycles. The number of rotatable bonds is 7. The number of anilines is 1. The predicted molar refractivity (Wildman–Crippen MR) is 126 cm³/mol. The van der Waals surface area contributed by atoms with E-state index in [9.17, 15) is 9.59 Å². The van der Waals surface area contributed by atoms with Gasteiger partial charge in [-0.25, -0.2) is 9.78 Å². The number of nitrogens with zero attached hydrogens (tertiary/aromatic N) is 3. The second kappa shape index (κ2) is 9.25. The fourth-order valence-corrected chi connectivity index (χ4v) is 3.72. The molecule has 33 heavy (non-hydrogen) atoms. The predicted octanol–water partition coefficient (Wildman–Crippen LogP) is 4.28. The lowest BCUT2D eigenvalue weighted by atomic mass is 10.00. The standard InChI is InChI=1S/C24H25N5O4/c1-14(2)33-9-8-29-15(3)10-16(13-21(29)30)17-11-18(19-6-4-5-7-25-19)22-20(12-17)26-23(27-22)28-24(31)32/h4-7,10-14H,8-9H2,1-3H3,(H,31,32)(H2,26,27,28). The monoisotopic (exact) mass is 447 g/mol. The highest BCUT2D eigenvalue weighted by molar-refractivity contribution is 5.97. The summed E-state index contributed by atoms with van der Waals surface area (Å²) < 4.78 is 7.28. The van der Waals surface area contributed by atoms with E-state index in [1.807, 2.05) is 57.2 Å². The minimum Gasteiger partial charge on any atom is -0.465 e. The van der Waals surface area contributed by atoms with Gasteiger partial charge >= 0.3 is 6.09 Å². The van der Waals surface area contributed by atoms with Gasteiger partial charge in [0.25, 0.3) is 5.56 Å². The molecule has 0 fully saturated rings. The van der Waals surface area contributed by atoms with Gasteiger partial charge in [0, 0.05) is 30.1 Å². The first-order chi connectivity index (χ1) is 15.8. The van der Waals surface area contributed by atoms with Crippen molar-refractivity contribution in [2.75, 3.05) is 11.9 Å². The second-order valence-electron chi connectivity index (χ2n) is 7.95. The van der Waals surface area contributed by atoms with Gasteiger partial charge < -0.3 is 19.4 Å². The van der Waals surface area contributed by atoms with Crippen LogP contribution < -0.4 is 10.9 Å². The number of imidazole rings is 1. The van der Waals surface area contributed by atoms with E-state index in [0.29, 0.717) is 29.9 Å². The topological polar surface area (TPSA) is 122 Å². The van der Waals surface area contributed by atoms with Crippen molar-refractivity contribution in [3.8, 4) is 22.4 Å². The molecule has 0 aliphatic heterocycles. The lowest BCUT2D eigenvalue weighted by Gasteiger charge is -2.14. The third-order valence-electron chi connectivity index (χ3n) is 5.19. The average Bonchev–Trinajstić information content (AvgIpc) is 3.16. The molecular weight excluding hydrogens is 422 g/mol. The number of pyridine rings is 2.